The van der Waals surface area contributed by atoms with Gasteiger partial charge in [0, 0.05) is 18.9 Å². The third kappa shape index (κ3) is 1.21. The topological polar surface area (TPSA) is 38.0 Å². The molecule has 3 aliphatic carbocycles. The minimum atomic E-state index is -0.629. The summed E-state index contributed by atoms with van der Waals surface area (Å²) in [7, 11) is 0. The summed E-state index contributed by atoms with van der Waals surface area (Å²) in [6.07, 6.45) is 10.2. The fourth-order valence-corrected chi connectivity index (χ4v) is 5.31. The van der Waals surface area contributed by atoms with Crippen LogP contribution >= 0.6 is 0 Å². The van der Waals surface area contributed by atoms with Gasteiger partial charge in [0.2, 0.25) is 0 Å². The zero-order chi connectivity index (χ0) is 12.3. The maximum Gasteiger partial charge on any atom is 0.141 e. The lowest BCUT2D eigenvalue weighted by molar-refractivity contribution is -0.0605. The fourth-order valence-electron chi connectivity index (χ4n) is 5.31. The Morgan fingerprint density at radius 1 is 1.44 bits per heavy atom. The molecule has 98 valence electrons. The SMILES string of the molecule is CCn1ccnc1C1(O)CC2CC1C1CCCC21. The van der Waals surface area contributed by atoms with E-state index in [2.05, 4.69) is 16.5 Å². The molecule has 0 radical (unpaired) electrons. The highest BCUT2D eigenvalue weighted by Crippen LogP contribution is 2.64. The Labute approximate surface area is 108 Å². The van der Waals surface area contributed by atoms with E-state index in [4.69, 9.17) is 0 Å². The molecule has 3 nitrogen and oxygen atoms in total. The van der Waals surface area contributed by atoms with E-state index in [-0.39, 0.29) is 0 Å². The molecule has 1 N–H and O–H groups in total. The molecule has 3 saturated carbocycles. The molecule has 4 rings (SSSR count). The van der Waals surface area contributed by atoms with Crippen molar-refractivity contribution in [3.8, 4) is 0 Å². The number of aliphatic hydroxyl groups is 1. The van der Waals surface area contributed by atoms with E-state index in [0.717, 1.165) is 36.5 Å². The van der Waals surface area contributed by atoms with Crippen molar-refractivity contribution in [1.29, 1.82) is 0 Å². The van der Waals surface area contributed by atoms with Gasteiger partial charge in [0.05, 0.1) is 0 Å². The van der Waals surface area contributed by atoms with Gasteiger partial charge in [0.1, 0.15) is 11.4 Å². The Balaban J connectivity index is 1.73. The predicted octanol–water partition coefficient (Wildman–Crippen LogP) is 2.55. The van der Waals surface area contributed by atoms with Gasteiger partial charge in [-0.25, -0.2) is 4.98 Å². The zero-order valence-electron chi connectivity index (χ0n) is 11.0. The molecule has 0 amide bonds. The van der Waals surface area contributed by atoms with Crippen LogP contribution in [0.4, 0.5) is 0 Å². The van der Waals surface area contributed by atoms with E-state index in [9.17, 15) is 5.11 Å². The molecular weight excluding hydrogens is 224 g/mol. The van der Waals surface area contributed by atoms with E-state index in [0.29, 0.717) is 5.92 Å². The number of aryl methyl sites for hydroxylation is 1. The lowest BCUT2D eigenvalue weighted by Gasteiger charge is -2.38. The number of nitrogens with zero attached hydrogens (tertiary/aromatic N) is 2. The second kappa shape index (κ2) is 3.60. The maximum absolute atomic E-state index is 11.2. The highest BCUT2D eigenvalue weighted by Gasteiger charge is 2.62. The standard InChI is InChI=1S/C15H22N2O/c1-2-17-7-6-16-14(17)15(18)9-10-8-13(15)12-5-3-4-11(10)12/h6-7,10-13,18H,2-5,8-9H2,1H3. The number of fused-ring (bicyclic) bond motifs is 5. The first-order chi connectivity index (χ1) is 8.74. The number of rotatable bonds is 2. The third-order valence-corrected chi connectivity index (χ3v) is 5.93. The monoisotopic (exact) mass is 246 g/mol. The summed E-state index contributed by atoms with van der Waals surface area (Å²) in [6.45, 7) is 3.03. The third-order valence-electron chi connectivity index (χ3n) is 5.93. The van der Waals surface area contributed by atoms with Crippen LogP contribution in [-0.4, -0.2) is 14.7 Å². The van der Waals surface area contributed by atoms with Crippen molar-refractivity contribution in [2.45, 2.75) is 51.2 Å². The number of hydrogen-bond acceptors (Lipinski definition) is 2. The Morgan fingerprint density at radius 2 is 2.28 bits per heavy atom. The quantitative estimate of drug-likeness (QED) is 0.871. The van der Waals surface area contributed by atoms with Crippen molar-refractivity contribution < 1.29 is 5.11 Å². The molecule has 0 saturated heterocycles. The van der Waals surface area contributed by atoms with Gasteiger partial charge < -0.3 is 9.67 Å². The van der Waals surface area contributed by atoms with Gasteiger partial charge in [-0.15, -0.1) is 0 Å². The molecule has 3 aliphatic rings. The molecule has 3 heteroatoms. The second-order valence-electron chi connectivity index (χ2n) is 6.53. The summed E-state index contributed by atoms with van der Waals surface area (Å²) < 4.78 is 2.13. The number of imidazole rings is 1. The molecule has 1 aromatic heterocycles. The van der Waals surface area contributed by atoms with Crippen LogP contribution in [0, 0.1) is 23.7 Å². The second-order valence-corrected chi connectivity index (χ2v) is 6.53. The molecule has 5 atom stereocenters. The molecule has 5 unspecified atom stereocenters. The molecule has 0 spiro atoms. The maximum atomic E-state index is 11.2. The van der Waals surface area contributed by atoms with E-state index in [1.807, 2.05) is 12.4 Å². The van der Waals surface area contributed by atoms with Crippen LogP contribution in [0.15, 0.2) is 12.4 Å². The molecule has 1 aromatic rings. The minimum Gasteiger partial charge on any atom is -0.382 e. The predicted molar refractivity (Wildman–Crippen MR) is 68.8 cm³/mol. The van der Waals surface area contributed by atoms with E-state index >= 15 is 0 Å². The van der Waals surface area contributed by atoms with Gasteiger partial charge in [-0.2, -0.15) is 0 Å². The molecule has 2 bridgehead atoms. The molecule has 0 aromatic carbocycles. The molecule has 1 heterocycles. The Bertz CT molecular complexity index is 469. The van der Waals surface area contributed by atoms with Crippen molar-refractivity contribution in [3.63, 3.8) is 0 Å². The normalized spacial score (nSPS) is 45.7. The van der Waals surface area contributed by atoms with Gasteiger partial charge in [0.15, 0.2) is 0 Å². The van der Waals surface area contributed by atoms with Gasteiger partial charge in [-0.1, -0.05) is 6.42 Å². The van der Waals surface area contributed by atoms with Crippen molar-refractivity contribution in [2.75, 3.05) is 0 Å². The average Bonchev–Trinajstić information content (AvgIpc) is 3.09. The van der Waals surface area contributed by atoms with Crippen molar-refractivity contribution in [2.24, 2.45) is 23.7 Å². The fraction of sp³-hybridized carbons (Fsp3) is 0.800. The van der Waals surface area contributed by atoms with Crippen molar-refractivity contribution in [1.82, 2.24) is 9.55 Å². The summed E-state index contributed by atoms with van der Waals surface area (Å²) in [5.41, 5.74) is -0.629. The van der Waals surface area contributed by atoms with Gasteiger partial charge >= 0.3 is 0 Å². The Kier molecular flexibility index (Phi) is 2.20. The minimum absolute atomic E-state index is 0.475. The van der Waals surface area contributed by atoms with Gasteiger partial charge in [-0.3, -0.25) is 0 Å². The molecule has 3 fully saturated rings. The highest BCUT2D eigenvalue weighted by molar-refractivity contribution is 5.18. The van der Waals surface area contributed by atoms with Crippen LogP contribution in [0.2, 0.25) is 0 Å². The average molecular weight is 246 g/mol. The molecular formula is C15H22N2O. The first-order valence-corrected chi connectivity index (χ1v) is 7.48. The van der Waals surface area contributed by atoms with Gasteiger partial charge in [0.25, 0.3) is 0 Å². The van der Waals surface area contributed by atoms with Crippen molar-refractivity contribution >= 4 is 0 Å². The van der Waals surface area contributed by atoms with Crippen LogP contribution in [-0.2, 0) is 12.1 Å². The van der Waals surface area contributed by atoms with Crippen LogP contribution in [0.5, 0.6) is 0 Å². The highest BCUT2D eigenvalue weighted by atomic mass is 16.3. The summed E-state index contributed by atoms with van der Waals surface area (Å²) in [4.78, 5) is 4.49. The van der Waals surface area contributed by atoms with E-state index in [1.165, 1.54) is 25.7 Å². The lowest BCUT2D eigenvalue weighted by atomic mass is 9.72. The Morgan fingerprint density at radius 3 is 3.11 bits per heavy atom. The first kappa shape index (κ1) is 11.0. The summed E-state index contributed by atoms with van der Waals surface area (Å²) in [5, 5.41) is 11.2. The lowest BCUT2D eigenvalue weighted by Crippen LogP contribution is -2.41. The largest absolute Gasteiger partial charge is 0.382 e. The number of hydrogen-bond donors (Lipinski definition) is 1. The molecule has 18 heavy (non-hydrogen) atoms. The van der Waals surface area contributed by atoms with Crippen LogP contribution in [0.1, 0.15) is 44.9 Å². The van der Waals surface area contributed by atoms with Crippen LogP contribution in [0.3, 0.4) is 0 Å². The van der Waals surface area contributed by atoms with Crippen LogP contribution < -0.4 is 0 Å². The first-order valence-electron chi connectivity index (χ1n) is 7.48. The van der Waals surface area contributed by atoms with Crippen molar-refractivity contribution in [3.05, 3.63) is 18.2 Å². The Hall–Kier alpha value is -0.830. The number of aromatic nitrogens is 2. The summed E-state index contributed by atoms with van der Waals surface area (Å²) >= 11 is 0. The summed E-state index contributed by atoms with van der Waals surface area (Å²) in [5.74, 6) is 3.86. The molecule has 0 aliphatic heterocycles. The smallest absolute Gasteiger partial charge is 0.141 e. The summed E-state index contributed by atoms with van der Waals surface area (Å²) in [6, 6.07) is 0. The van der Waals surface area contributed by atoms with E-state index in [1.54, 1.807) is 0 Å². The zero-order valence-corrected chi connectivity index (χ0v) is 11.0. The van der Waals surface area contributed by atoms with Gasteiger partial charge in [-0.05, 0) is 56.3 Å². The van der Waals surface area contributed by atoms with E-state index < -0.39 is 5.60 Å². The van der Waals surface area contributed by atoms with Crippen LogP contribution in [0.25, 0.3) is 0 Å².